The first-order valence-electron chi connectivity index (χ1n) is 7.42. The molecule has 0 saturated carbocycles. The fourth-order valence-corrected chi connectivity index (χ4v) is 3.33. The Bertz CT molecular complexity index is 342. The summed E-state index contributed by atoms with van der Waals surface area (Å²) in [6.45, 7) is 9.64. The van der Waals surface area contributed by atoms with E-state index in [4.69, 9.17) is 4.74 Å². The second-order valence-electron chi connectivity index (χ2n) is 5.17. The summed E-state index contributed by atoms with van der Waals surface area (Å²) in [5.74, 6) is 0. The lowest BCUT2D eigenvalue weighted by atomic mass is 10.2. The van der Waals surface area contributed by atoms with Crippen LogP contribution in [0.2, 0.25) is 0 Å². The van der Waals surface area contributed by atoms with E-state index in [0.717, 1.165) is 32.7 Å². The molecule has 2 heterocycles. The number of nitrogens with zero attached hydrogens (tertiary/aromatic N) is 1. The maximum Gasteiger partial charge on any atom is 0.0707 e. The number of likely N-dealkylation sites (N-methyl/N-ethyl adjacent to an activating group) is 2. The van der Waals surface area contributed by atoms with Gasteiger partial charge in [0.1, 0.15) is 0 Å². The van der Waals surface area contributed by atoms with Gasteiger partial charge in [-0.15, -0.1) is 11.3 Å². The van der Waals surface area contributed by atoms with Crippen LogP contribution in [0, 0.1) is 0 Å². The van der Waals surface area contributed by atoms with Gasteiger partial charge in [-0.1, -0.05) is 19.9 Å². The van der Waals surface area contributed by atoms with E-state index >= 15 is 0 Å². The molecule has 1 aliphatic heterocycles. The van der Waals surface area contributed by atoms with Gasteiger partial charge >= 0.3 is 0 Å². The van der Waals surface area contributed by atoms with Crippen molar-refractivity contribution >= 4 is 11.3 Å². The summed E-state index contributed by atoms with van der Waals surface area (Å²) in [6, 6.07) is 4.35. The molecule has 108 valence electrons. The van der Waals surface area contributed by atoms with Crippen molar-refractivity contribution in [3.05, 3.63) is 22.4 Å². The average Bonchev–Trinajstić information content (AvgIpc) is 3.07. The first-order valence-corrected chi connectivity index (χ1v) is 8.30. The predicted octanol–water partition coefficient (Wildman–Crippen LogP) is 2.73. The molecular formula is C15H26N2OS. The topological polar surface area (TPSA) is 24.5 Å². The minimum Gasteiger partial charge on any atom is -0.372 e. The van der Waals surface area contributed by atoms with E-state index < -0.39 is 0 Å². The lowest BCUT2D eigenvalue weighted by Crippen LogP contribution is -2.33. The molecule has 1 aromatic rings. The first-order chi connectivity index (χ1) is 9.31. The van der Waals surface area contributed by atoms with Gasteiger partial charge in [0.15, 0.2) is 0 Å². The van der Waals surface area contributed by atoms with Gasteiger partial charge in [-0.3, -0.25) is 4.90 Å². The van der Waals surface area contributed by atoms with E-state index in [-0.39, 0.29) is 0 Å². The highest BCUT2D eigenvalue weighted by atomic mass is 32.1. The lowest BCUT2D eigenvalue weighted by molar-refractivity contribution is 0.0232. The third kappa shape index (κ3) is 4.88. The van der Waals surface area contributed by atoms with Gasteiger partial charge < -0.3 is 10.1 Å². The van der Waals surface area contributed by atoms with Crippen molar-refractivity contribution in [1.82, 2.24) is 10.2 Å². The normalized spacial score (nSPS) is 23.3. The van der Waals surface area contributed by atoms with Crippen molar-refractivity contribution in [2.75, 3.05) is 26.2 Å². The number of hydrogen-bond acceptors (Lipinski definition) is 4. The van der Waals surface area contributed by atoms with Crippen LogP contribution in [0.4, 0.5) is 0 Å². The van der Waals surface area contributed by atoms with Crippen molar-refractivity contribution in [2.24, 2.45) is 0 Å². The molecule has 0 bridgehead atoms. The SMILES string of the molecule is CCNCC1CCC(CN(CC)Cc2cccs2)O1. The van der Waals surface area contributed by atoms with Crippen LogP contribution in [0.1, 0.15) is 31.6 Å². The van der Waals surface area contributed by atoms with Gasteiger partial charge in [0.05, 0.1) is 12.2 Å². The number of ether oxygens (including phenoxy) is 1. The highest BCUT2D eigenvalue weighted by Crippen LogP contribution is 2.21. The molecule has 1 saturated heterocycles. The van der Waals surface area contributed by atoms with E-state index in [9.17, 15) is 0 Å². The average molecular weight is 282 g/mol. The second kappa shape index (κ2) is 8.00. The Morgan fingerprint density at radius 3 is 2.89 bits per heavy atom. The van der Waals surface area contributed by atoms with Crippen molar-refractivity contribution in [1.29, 1.82) is 0 Å². The third-order valence-corrected chi connectivity index (χ3v) is 4.55. The molecule has 2 atom stereocenters. The number of thiophene rings is 1. The Morgan fingerprint density at radius 1 is 1.37 bits per heavy atom. The summed E-state index contributed by atoms with van der Waals surface area (Å²) in [4.78, 5) is 3.94. The lowest BCUT2D eigenvalue weighted by Gasteiger charge is -2.23. The van der Waals surface area contributed by atoms with Crippen LogP contribution in [-0.2, 0) is 11.3 Å². The summed E-state index contributed by atoms with van der Waals surface area (Å²) in [7, 11) is 0. The van der Waals surface area contributed by atoms with E-state index in [2.05, 4.69) is 41.6 Å². The van der Waals surface area contributed by atoms with Crippen molar-refractivity contribution < 1.29 is 4.74 Å². The minimum absolute atomic E-state index is 0.420. The zero-order chi connectivity index (χ0) is 13.5. The van der Waals surface area contributed by atoms with Crippen LogP contribution in [0.25, 0.3) is 0 Å². The number of hydrogen-bond donors (Lipinski definition) is 1. The minimum atomic E-state index is 0.420. The molecule has 1 N–H and O–H groups in total. The molecule has 1 aliphatic rings. The maximum absolute atomic E-state index is 6.11. The van der Waals surface area contributed by atoms with E-state index in [1.165, 1.54) is 17.7 Å². The molecule has 4 heteroatoms. The van der Waals surface area contributed by atoms with E-state index in [1.54, 1.807) is 0 Å². The highest BCUT2D eigenvalue weighted by molar-refractivity contribution is 7.09. The van der Waals surface area contributed by atoms with Gasteiger partial charge in [-0.2, -0.15) is 0 Å². The maximum atomic E-state index is 6.11. The van der Waals surface area contributed by atoms with Crippen LogP contribution in [0.3, 0.4) is 0 Å². The standard InChI is InChI=1S/C15H26N2OS/c1-3-16-10-13-7-8-14(18-13)11-17(4-2)12-15-6-5-9-19-15/h5-6,9,13-14,16H,3-4,7-8,10-12H2,1-2H3. The number of nitrogens with one attached hydrogen (secondary N) is 1. The van der Waals surface area contributed by atoms with Gasteiger partial charge in [-0.25, -0.2) is 0 Å². The van der Waals surface area contributed by atoms with Crippen LogP contribution in [0.15, 0.2) is 17.5 Å². The molecule has 19 heavy (non-hydrogen) atoms. The van der Waals surface area contributed by atoms with Crippen LogP contribution >= 0.6 is 11.3 Å². The number of rotatable bonds is 8. The Morgan fingerprint density at radius 2 is 2.21 bits per heavy atom. The molecule has 3 nitrogen and oxygen atoms in total. The molecule has 2 unspecified atom stereocenters. The molecule has 0 radical (unpaired) electrons. The van der Waals surface area contributed by atoms with E-state index in [0.29, 0.717) is 12.2 Å². The van der Waals surface area contributed by atoms with E-state index in [1.807, 2.05) is 11.3 Å². The van der Waals surface area contributed by atoms with Crippen LogP contribution < -0.4 is 5.32 Å². The van der Waals surface area contributed by atoms with Gasteiger partial charge in [0.25, 0.3) is 0 Å². The molecule has 1 fully saturated rings. The summed E-state index contributed by atoms with van der Waals surface area (Å²) < 4.78 is 6.11. The molecule has 0 amide bonds. The van der Waals surface area contributed by atoms with Gasteiger partial charge in [0, 0.05) is 24.5 Å². The first kappa shape index (κ1) is 15.0. The third-order valence-electron chi connectivity index (χ3n) is 3.69. The van der Waals surface area contributed by atoms with Crippen molar-refractivity contribution in [3.8, 4) is 0 Å². The molecule has 0 aromatic carbocycles. The van der Waals surface area contributed by atoms with Crippen LogP contribution in [-0.4, -0.2) is 43.3 Å². The fraction of sp³-hybridized carbons (Fsp3) is 0.733. The van der Waals surface area contributed by atoms with Gasteiger partial charge in [0.2, 0.25) is 0 Å². The van der Waals surface area contributed by atoms with Gasteiger partial charge in [-0.05, 0) is 37.4 Å². The Labute approximate surface area is 121 Å². The van der Waals surface area contributed by atoms with Crippen LogP contribution in [0.5, 0.6) is 0 Å². The molecule has 0 aliphatic carbocycles. The predicted molar refractivity (Wildman–Crippen MR) is 81.7 cm³/mol. The Kier molecular flexibility index (Phi) is 6.31. The quantitative estimate of drug-likeness (QED) is 0.793. The Hall–Kier alpha value is -0.420. The largest absolute Gasteiger partial charge is 0.372 e. The molecule has 2 rings (SSSR count). The Balaban J connectivity index is 1.73. The molecular weight excluding hydrogens is 256 g/mol. The fourth-order valence-electron chi connectivity index (χ4n) is 2.59. The smallest absolute Gasteiger partial charge is 0.0707 e. The zero-order valence-electron chi connectivity index (χ0n) is 12.1. The summed E-state index contributed by atoms with van der Waals surface area (Å²) in [5, 5.41) is 5.53. The zero-order valence-corrected chi connectivity index (χ0v) is 12.9. The second-order valence-corrected chi connectivity index (χ2v) is 6.20. The molecule has 0 spiro atoms. The van der Waals surface area contributed by atoms with Crippen molar-refractivity contribution in [3.63, 3.8) is 0 Å². The summed E-state index contributed by atoms with van der Waals surface area (Å²) in [5.41, 5.74) is 0. The highest BCUT2D eigenvalue weighted by Gasteiger charge is 2.26. The summed E-state index contributed by atoms with van der Waals surface area (Å²) in [6.07, 6.45) is 3.25. The molecule has 1 aromatic heterocycles. The van der Waals surface area contributed by atoms with Crippen molar-refractivity contribution in [2.45, 2.75) is 45.4 Å². The monoisotopic (exact) mass is 282 g/mol. The summed E-state index contributed by atoms with van der Waals surface area (Å²) >= 11 is 1.84.